The molecule has 0 spiro atoms. The highest BCUT2D eigenvalue weighted by atomic mass is 35.5. The number of ether oxygens (including phenoxy) is 2. The van der Waals surface area contributed by atoms with E-state index < -0.39 is 10.0 Å². The van der Waals surface area contributed by atoms with Crippen LogP contribution < -0.4 is 14.8 Å². The van der Waals surface area contributed by atoms with Crippen molar-refractivity contribution in [2.75, 3.05) is 39.7 Å². The van der Waals surface area contributed by atoms with E-state index in [1.807, 2.05) is 0 Å². The van der Waals surface area contributed by atoms with E-state index in [9.17, 15) is 8.42 Å². The van der Waals surface area contributed by atoms with Gasteiger partial charge in [-0.25, -0.2) is 12.7 Å². The summed E-state index contributed by atoms with van der Waals surface area (Å²) in [7, 11) is 1.16. The number of rotatable bonds is 8. The molecule has 8 heteroatoms. The fraction of sp³-hybridized carbons (Fsp3) is 0.294. The van der Waals surface area contributed by atoms with Crippen molar-refractivity contribution in [3.63, 3.8) is 0 Å². The van der Waals surface area contributed by atoms with Gasteiger partial charge in [-0.05, 0) is 42.5 Å². The molecule has 0 aliphatic heterocycles. The fourth-order valence-corrected chi connectivity index (χ4v) is 3.17. The van der Waals surface area contributed by atoms with Crippen molar-refractivity contribution < 1.29 is 17.9 Å². The number of nitrogens with one attached hydrogen (secondary N) is 1. The van der Waals surface area contributed by atoms with E-state index in [4.69, 9.17) is 21.1 Å². The third-order valence-electron chi connectivity index (χ3n) is 3.45. The average Bonchev–Trinajstić information content (AvgIpc) is 2.59. The number of hydrogen-bond acceptors (Lipinski definition) is 5. The second kappa shape index (κ2) is 8.42. The molecule has 0 saturated carbocycles. The Labute approximate surface area is 153 Å². The van der Waals surface area contributed by atoms with E-state index in [0.29, 0.717) is 29.7 Å². The molecule has 2 aromatic rings. The molecule has 0 fully saturated rings. The minimum atomic E-state index is -3.43. The van der Waals surface area contributed by atoms with Gasteiger partial charge in [0.2, 0.25) is 10.0 Å². The Bertz CT molecular complexity index is 808. The fourth-order valence-electron chi connectivity index (χ4n) is 2.09. The molecule has 6 nitrogen and oxygen atoms in total. The predicted octanol–water partition coefficient (Wildman–Crippen LogP) is 3.09. The smallest absolute Gasteiger partial charge is 0.242 e. The first-order chi connectivity index (χ1) is 11.8. The molecule has 0 amide bonds. The van der Waals surface area contributed by atoms with Crippen LogP contribution in [0.2, 0.25) is 5.02 Å². The van der Waals surface area contributed by atoms with Crippen LogP contribution in [-0.2, 0) is 10.0 Å². The molecule has 0 unspecified atom stereocenters. The Kier molecular flexibility index (Phi) is 6.52. The van der Waals surface area contributed by atoms with Crippen molar-refractivity contribution in [3.05, 3.63) is 47.5 Å². The van der Waals surface area contributed by atoms with E-state index in [1.54, 1.807) is 37.4 Å². The van der Waals surface area contributed by atoms with Crippen molar-refractivity contribution in [1.82, 2.24) is 4.31 Å². The van der Waals surface area contributed by atoms with Gasteiger partial charge in [-0.1, -0.05) is 11.6 Å². The van der Waals surface area contributed by atoms with E-state index in [-0.39, 0.29) is 4.90 Å². The number of nitrogens with zero attached hydrogens (tertiary/aromatic N) is 1. The molecule has 1 N–H and O–H groups in total. The first kappa shape index (κ1) is 19.4. The average molecular weight is 385 g/mol. The second-order valence-electron chi connectivity index (χ2n) is 5.38. The van der Waals surface area contributed by atoms with Gasteiger partial charge < -0.3 is 14.8 Å². The van der Waals surface area contributed by atoms with Crippen LogP contribution in [0.1, 0.15) is 0 Å². The van der Waals surface area contributed by atoms with Crippen LogP contribution in [-0.4, -0.2) is 47.1 Å². The van der Waals surface area contributed by atoms with E-state index >= 15 is 0 Å². The Hall–Kier alpha value is -1.96. The summed E-state index contributed by atoms with van der Waals surface area (Å²) < 4.78 is 36.0. The standard InChI is InChI=1S/C17H21ClN2O4S/c1-20(2)25(21,22)15-7-5-14(6-8-15)24-11-10-19-16-12-13(18)4-9-17(16)23-3/h4-9,12,19H,10-11H2,1-3H3. The molecule has 0 saturated heterocycles. The summed E-state index contributed by atoms with van der Waals surface area (Å²) in [5.41, 5.74) is 0.783. The maximum atomic E-state index is 12.0. The highest BCUT2D eigenvalue weighted by molar-refractivity contribution is 7.89. The molecule has 136 valence electrons. The van der Waals surface area contributed by atoms with Crippen LogP contribution in [0.15, 0.2) is 47.4 Å². The zero-order valence-corrected chi connectivity index (χ0v) is 15.9. The Morgan fingerprint density at radius 1 is 1.12 bits per heavy atom. The molecule has 0 atom stereocenters. The summed E-state index contributed by atoms with van der Waals surface area (Å²) in [4.78, 5) is 0.228. The molecular weight excluding hydrogens is 364 g/mol. The maximum absolute atomic E-state index is 12.0. The number of hydrogen-bond donors (Lipinski definition) is 1. The molecule has 0 heterocycles. The monoisotopic (exact) mass is 384 g/mol. The van der Waals surface area contributed by atoms with Crippen LogP contribution in [0.3, 0.4) is 0 Å². The molecule has 2 aromatic carbocycles. The Balaban J connectivity index is 1.90. The lowest BCUT2D eigenvalue weighted by Crippen LogP contribution is -2.22. The second-order valence-corrected chi connectivity index (χ2v) is 7.97. The zero-order valence-electron chi connectivity index (χ0n) is 14.3. The number of halogens is 1. The molecule has 0 radical (unpaired) electrons. The highest BCUT2D eigenvalue weighted by Crippen LogP contribution is 2.27. The van der Waals surface area contributed by atoms with Crippen molar-refractivity contribution in [2.24, 2.45) is 0 Å². The molecule has 0 aliphatic carbocycles. The van der Waals surface area contributed by atoms with Crippen LogP contribution in [0, 0.1) is 0 Å². The lowest BCUT2D eigenvalue weighted by atomic mass is 10.3. The largest absolute Gasteiger partial charge is 0.495 e. The van der Waals surface area contributed by atoms with Crippen LogP contribution in [0.25, 0.3) is 0 Å². The predicted molar refractivity (Wildman–Crippen MR) is 99.3 cm³/mol. The summed E-state index contributed by atoms with van der Waals surface area (Å²) in [6.07, 6.45) is 0. The first-order valence-electron chi connectivity index (χ1n) is 7.57. The number of benzene rings is 2. The molecule has 25 heavy (non-hydrogen) atoms. The maximum Gasteiger partial charge on any atom is 0.242 e. The third-order valence-corrected chi connectivity index (χ3v) is 5.51. The highest BCUT2D eigenvalue weighted by Gasteiger charge is 2.16. The van der Waals surface area contributed by atoms with Crippen molar-refractivity contribution in [2.45, 2.75) is 4.90 Å². The van der Waals surface area contributed by atoms with Gasteiger partial charge in [-0.2, -0.15) is 0 Å². The van der Waals surface area contributed by atoms with Gasteiger partial charge in [0.1, 0.15) is 18.1 Å². The molecule has 2 rings (SSSR count). The van der Waals surface area contributed by atoms with Gasteiger partial charge in [0.15, 0.2) is 0 Å². The van der Waals surface area contributed by atoms with E-state index in [1.165, 1.54) is 30.5 Å². The summed E-state index contributed by atoms with van der Waals surface area (Å²) in [5.74, 6) is 1.29. The van der Waals surface area contributed by atoms with Gasteiger partial charge in [-0.3, -0.25) is 0 Å². The number of anilines is 1. The molecular formula is C17H21ClN2O4S. The van der Waals surface area contributed by atoms with Gasteiger partial charge in [0.05, 0.1) is 17.7 Å². The Morgan fingerprint density at radius 3 is 2.40 bits per heavy atom. The summed E-state index contributed by atoms with van der Waals surface area (Å²) >= 11 is 5.98. The minimum Gasteiger partial charge on any atom is -0.495 e. The van der Waals surface area contributed by atoms with Gasteiger partial charge in [-0.15, -0.1) is 0 Å². The lowest BCUT2D eigenvalue weighted by Gasteiger charge is -2.13. The van der Waals surface area contributed by atoms with Crippen molar-refractivity contribution >= 4 is 27.3 Å². The van der Waals surface area contributed by atoms with Crippen molar-refractivity contribution in [3.8, 4) is 11.5 Å². The van der Waals surface area contributed by atoms with Crippen LogP contribution in [0.5, 0.6) is 11.5 Å². The molecule has 0 bridgehead atoms. The topological polar surface area (TPSA) is 67.9 Å². The van der Waals surface area contributed by atoms with E-state index in [0.717, 1.165) is 5.69 Å². The normalized spacial score (nSPS) is 11.4. The molecule has 0 aromatic heterocycles. The van der Waals surface area contributed by atoms with Crippen LogP contribution >= 0.6 is 11.6 Å². The molecule has 0 aliphatic rings. The third kappa shape index (κ3) is 5.01. The van der Waals surface area contributed by atoms with E-state index in [2.05, 4.69) is 5.32 Å². The van der Waals surface area contributed by atoms with Crippen molar-refractivity contribution in [1.29, 1.82) is 0 Å². The first-order valence-corrected chi connectivity index (χ1v) is 9.39. The quantitative estimate of drug-likeness (QED) is 0.708. The minimum absolute atomic E-state index is 0.228. The number of methoxy groups -OCH3 is 1. The lowest BCUT2D eigenvalue weighted by molar-refractivity contribution is 0.332. The summed E-state index contributed by atoms with van der Waals surface area (Å²) in [6.45, 7) is 0.934. The summed E-state index contributed by atoms with van der Waals surface area (Å²) in [5, 5.41) is 3.80. The van der Waals surface area contributed by atoms with Gasteiger partial charge in [0, 0.05) is 25.7 Å². The zero-order chi connectivity index (χ0) is 18.4. The SMILES string of the molecule is COc1ccc(Cl)cc1NCCOc1ccc(S(=O)(=O)N(C)C)cc1. The summed E-state index contributed by atoms with van der Waals surface area (Å²) in [6, 6.07) is 11.6. The van der Waals surface area contributed by atoms with Crippen LogP contribution in [0.4, 0.5) is 5.69 Å². The van der Waals surface area contributed by atoms with Gasteiger partial charge >= 0.3 is 0 Å². The Morgan fingerprint density at radius 2 is 1.80 bits per heavy atom. The van der Waals surface area contributed by atoms with Gasteiger partial charge in [0.25, 0.3) is 0 Å². The number of sulfonamides is 1.